The Bertz CT molecular complexity index is 450. The summed E-state index contributed by atoms with van der Waals surface area (Å²) < 4.78 is 0. The molecule has 1 fully saturated rings. The number of anilines is 1. The number of rotatable bonds is 3. The largest absolute Gasteiger partial charge is 0.326 e. The molecule has 2 nitrogen and oxygen atoms in total. The van der Waals surface area contributed by atoms with Crippen LogP contribution in [0.4, 0.5) is 5.69 Å². The zero-order valence-electron chi connectivity index (χ0n) is 10.5. The van der Waals surface area contributed by atoms with E-state index in [0.29, 0.717) is 5.92 Å². The standard InChI is InChI=1S/C14H18ClNO/c1-9(2)11-5-4-10(8-12(11)15)16-13(17)14(3)6-7-14/h4-5,8-9H,6-7H2,1-3H3,(H,16,17). The van der Waals surface area contributed by atoms with Crippen LogP contribution >= 0.6 is 11.6 Å². The molecule has 92 valence electrons. The fourth-order valence-electron chi connectivity index (χ4n) is 1.77. The smallest absolute Gasteiger partial charge is 0.230 e. The van der Waals surface area contributed by atoms with E-state index in [1.807, 2.05) is 25.1 Å². The average Bonchev–Trinajstić information content (AvgIpc) is 2.97. The van der Waals surface area contributed by atoms with Crippen molar-refractivity contribution in [1.29, 1.82) is 0 Å². The van der Waals surface area contributed by atoms with Gasteiger partial charge in [0, 0.05) is 16.1 Å². The molecule has 1 aliphatic carbocycles. The summed E-state index contributed by atoms with van der Waals surface area (Å²) in [6.45, 7) is 6.20. The predicted octanol–water partition coefficient (Wildman–Crippen LogP) is 4.20. The van der Waals surface area contributed by atoms with E-state index in [1.54, 1.807) is 0 Å². The molecule has 1 aromatic carbocycles. The summed E-state index contributed by atoms with van der Waals surface area (Å²) in [5.41, 5.74) is 1.75. The summed E-state index contributed by atoms with van der Waals surface area (Å²) in [4.78, 5) is 11.9. The Hall–Kier alpha value is -1.02. The molecule has 0 atom stereocenters. The van der Waals surface area contributed by atoms with Crippen LogP contribution in [0.15, 0.2) is 18.2 Å². The van der Waals surface area contributed by atoms with Crippen LogP contribution in [0.2, 0.25) is 5.02 Å². The highest BCUT2D eigenvalue weighted by molar-refractivity contribution is 6.31. The molecule has 0 spiro atoms. The van der Waals surface area contributed by atoms with Gasteiger partial charge in [0.25, 0.3) is 0 Å². The molecule has 1 N–H and O–H groups in total. The second-order valence-corrected chi connectivity index (χ2v) is 5.81. The van der Waals surface area contributed by atoms with Crippen LogP contribution in [0.1, 0.15) is 45.1 Å². The van der Waals surface area contributed by atoms with E-state index in [-0.39, 0.29) is 11.3 Å². The Balaban J connectivity index is 2.12. The van der Waals surface area contributed by atoms with Crippen LogP contribution < -0.4 is 5.32 Å². The van der Waals surface area contributed by atoms with E-state index in [0.717, 1.165) is 29.1 Å². The number of hydrogen-bond acceptors (Lipinski definition) is 1. The molecule has 0 heterocycles. The molecule has 1 aliphatic rings. The topological polar surface area (TPSA) is 29.1 Å². The molecule has 1 amide bonds. The Kier molecular flexibility index (Phi) is 3.17. The van der Waals surface area contributed by atoms with Crippen molar-refractivity contribution in [2.24, 2.45) is 5.41 Å². The summed E-state index contributed by atoms with van der Waals surface area (Å²) in [6.07, 6.45) is 1.97. The van der Waals surface area contributed by atoms with Gasteiger partial charge >= 0.3 is 0 Å². The second-order valence-electron chi connectivity index (χ2n) is 5.41. The number of benzene rings is 1. The predicted molar refractivity (Wildman–Crippen MR) is 71.5 cm³/mol. The lowest BCUT2D eigenvalue weighted by Gasteiger charge is -2.13. The molecule has 0 aromatic heterocycles. The van der Waals surface area contributed by atoms with Crippen LogP contribution in [0.5, 0.6) is 0 Å². The summed E-state index contributed by atoms with van der Waals surface area (Å²) in [5, 5.41) is 3.65. The van der Waals surface area contributed by atoms with Crippen LogP contribution in [0.3, 0.4) is 0 Å². The minimum Gasteiger partial charge on any atom is -0.326 e. The van der Waals surface area contributed by atoms with Gasteiger partial charge in [0.1, 0.15) is 0 Å². The zero-order chi connectivity index (χ0) is 12.6. The molecule has 0 radical (unpaired) electrons. The highest BCUT2D eigenvalue weighted by Gasteiger charge is 2.44. The van der Waals surface area contributed by atoms with E-state index in [4.69, 9.17) is 11.6 Å². The summed E-state index contributed by atoms with van der Waals surface area (Å²) >= 11 is 6.19. The maximum Gasteiger partial charge on any atom is 0.230 e. The minimum atomic E-state index is -0.150. The van der Waals surface area contributed by atoms with E-state index >= 15 is 0 Å². The summed E-state index contributed by atoms with van der Waals surface area (Å²) in [7, 11) is 0. The first kappa shape index (κ1) is 12.4. The normalized spacial score (nSPS) is 17.0. The molecule has 0 unspecified atom stereocenters. The molecular formula is C14H18ClNO. The SMILES string of the molecule is CC(C)c1ccc(NC(=O)C2(C)CC2)cc1Cl. The van der Waals surface area contributed by atoms with Gasteiger partial charge in [-0.3, -0.25) is 4.79 Å². The first-order valence-electron chi connectivity index (χ1n) is 6.03. The lowest BCUT2D eigenvalue weighted by Crippen LogP contribution is -2.21. The van der Waals surface area contributed by atoms with Gasteiger partial charge in [-0.05, 0) is 36.5 Å². The third-order valence-electron chi connectivity index (χ3n) is 3.43. The minimum absolute atomic E-state index is 0.103. The Morgan fingerprint density at radius 1 is 1.41 bits per heavy atom. The van der Waals surface area contributed by atoms with E-state index in [9.17, 15) is 4.79 Å². The number of carbonyl (C=O) groups is 1. The summed E-state index contributed by atoms with van der Waals surface area (Å²) in [5.74, 6) is 0.499. The number of hydrogen-bond donors (Lipinski definition) is 1. The maximum absolute atomic E-state index is 11.9. The Labute approximate surface area is 107 Å². The van der Waals surface area contributed by atoms with Crippen molar-refractivity contribution in [1.82, 2.24) is 0 Å². The number of nitrogens with one attached hydrogen (secondary N) is 1. The molecule has 17 heavy (non-hydrogen) atoms. The van der Waals surface area contributed by atoms with E-state index in [2.05, 4.69) is 19.2 Å². The fourth-order valence-corrected chi connectivity index (χ4v) is 2.17. The van der Waals surface area contributed by atoms with Crippen molar-refractivity contribution < 1.29 is 4.79 Å². The van der Waals surface area contributed by atoms with Gasteiger partial charge in [-0.25, -0.2) is 0 Å². The molecule has 0 aliphatic heterocycles. The second kappa shape index (κ2) is 4.34. The van der Waals surface area contributed by atoms with Crippen LogP contribution in [-0.4, -0.2) is 5.91 Å². The molecule has 0 bridgehead atoms. The van der Waals surface area contributed by atoms with Crippen molar-refractivity contribution >= 4 is 23.2 Å². The van der Waals surface area contributed by atoms with Gasteiger partial charge in [-0.15, -0.1) is 0 Å². The molecule has 3 heteroatoms. The van der Waals surface area contributed by atoms with Crippen molar-refractivity contribution in [2.75, 3.05) is 5.32 Å². The highest BCUT2D eigenvalue weighted by atomic mass is 35.5. The van der Waals surface area contributed by atoms with Gasteiger partial charge in [-0.1, -0.05) is 38.4 Å². The van der Waals surface area contributed by atoms with Crippen LogP contribution in [0, 0.1) is 5.41 Å². The monoisotopic (exact) mass is 251 g/mol. The number of carbonyl (C=O) groups excluding carboxylic acids is 1. The fraction of sp³-hybridized carbons (Fsp3) is 0.500. The molecule has 2 rings (SSSR count). The Morgan fingerprint density at radius 2 is 2.06 bits per heavy atom. The van der Waals surface area contributed by atoms with Gasteiger partial charge < -0.3 is 5.32 Å². The third kappa shape index (κ3) is 2.63. The van der Waals surface area contributed by atoms with Crippen molar-refractivity contribution in [3.05, 3.63) is 28.8 Å². The number of halogens is 1. The van der Waals surface area contributed by atoms with Crippen molar-refractivity contribution in [3.8, 4) is 0 Å². The molecule has 0 saturated heterocycles. The summed E-state index contributed by atoms with van der Waals surface area (Å²) in [6, 6.07) is 5.74. The van der Waals surface area contributed by atoms with Crippen molar-refractivity contribution in [3.63, 3.8) is 0 Å². The first-order chi connectivity index (χ1) is 7.92. The van der Waals surface area contributed by atoms with Gasteiger partial charge in [0.2, 0.25) is 5.91 Å². The number of amides is 1. The van der Waals surface area contributed by atoms with Crippen LogP contribution in [-0.2, 0) is 4.79 Å². The average molecular weight is 252 g/mol. The highest BCUT2D eigenvalue weighted by Crippen LogP contribution is 2.45. The van der Waals surface area contributed by atoms with Gasteiger partial charge in [0.05, 0.1) is 0 Å². The first-order valence-corrected chi connectivity index (χ1v) is 6.41. The van der Waals surface area contributed by atoms with Crippen LogP contribution in [0.25, 0.3) is 0 Å². The van der Waals surface area contributed by atoms with Gasteiger partial charge in [0.15, 0.2) is 0 Å². The van der Waals surface area contributed by atoms with Crippen molar-refractivity contribution in [2.45, 2.75) is 39.5 Å². The lowest BCUT2D eigenvalue weighted by molar-refractivity contribution is -0.120. The van der Waals surface area contributed by atoms with Gasteiger partial charge in [-0.2, -0.15) is 0 Å². The van der Waals surface area contributed by atoms with E-state index < -0.39 is 0 Å². The molecular weight excluding hydrogens is 234 g/mol. The zero-order valence-corrected chi connectivity index (χ0v) is 11.3. The third-order valence-corrected chi connectivity index (χ3v) is 3.76. The Morgan fingerprint density at radius 3 is 2.53 bits per heavy atom. The molecule has 1 saturated carbocycles. The van der Waals surface area contributed by atoms with E-state index in [1.165, 1.54) is 0 Å². The molecule has 1 aromatic rings. The quantitative estimate of drug-likeness (QED) is 0.857. The maximum atomic E-state index is 11.9. The lowest BCUT2D eigenvalue weighted by atomic mass is 10.0.